The fourth-order valence-electron chi connectivity index (χ4n) is 3.81. The monoisotopic (exact) mass is 452 g/mol. The van der Waals surface area contributed by atoms with Crippen LogP contribution in [0.25, 0.3) is 0 Å². The number of esters is 1. The van der Waals surface area contributed by atoms with E-state index in [9.17, 15) is 14.4 Å². The van der Waals surface area contributed by atoms with Crippen LogP contribution >= 0.6 is 0 Å². The molecule has 3 N–H and O–H groups in total. The summed E-state index contributed by atoms with van der Waals surface area (Å²) in [5, 5.41) is 8.16. The molecule has 176 valence electrons. The van der Waals surface area contributed by atoms with Crippen molar-refractivity contribution in [2.75, 3.05) is 43.0 Å². The molecule has 3 amide bonds. The predicted octanol–water partition coefficient (Wildman–Crippen LogP) is 3.33. The Bertz CT molecular complexity index is 943. The first kappa shape index (κ1) is 24.1. The maximum absolute atomic E-state index is 13.1. The number of hydrogen-bond donors (Lipinski definition) is 3. The van der Waals surface area contributed by atoms with Crippen LogP contribution in [0, 0.1) is 0 Å². The Kier molecular flexibility index (Phi) is 9.11. The molecule has 0 bridgehead atoms. The number of carbonyl (C=O) groups is 3. The van der Waals surface area contributed by atoms with Crippen LogP contribution in [0.3, 0.4) is 0 Å². The Morgan fingerprint density at radius 3 is 2.45 bits per heavy atom. The SMILES string of the molecule is CCOC(=O)CNC(=O)Nc1ccc(N2CCCCC2)c(C(=O)NCCc2ccccc2)c1. The molecule has 0 atom stereocenters. The minimum atomic E-state index is -0.538. The minimum absolute atomic E-state index is 0.179. The molecule has 1 aliphatic rings. The second-order valence-corrected chi connectivity index (χ2v) is 7.88. The van der Waals surface area contributed by atoms with Crippen molar-refractivity contribution in [3.63, 3.8) is 0 Å². The van der Waals surface area contributed by atoms with Crippen molar-refractivity contribution < 1.29 is 19.1 Å². The summed E-state index contributed by atoms with van der Waals surface area (Å²) in [6.07, 6.45) is 4.10. The first-order chi connectivity index (χ1) is 16.1. The molecule has 1 heterocycles. The highest BCUT2D eigenvalue weighted by Crippen LogP contribution is 2.27. The third kappa shape index (κ3) is 7.52. The average Bonchev–Trinajstić information content (AvgIpc) is 2.84. The van der Waals surface area contributed by atoms with Crippen molar-refractivity contribution in [1.29, 1.82) is 0 Å². The van der Waals surface area contributed by atoms with E-state index < -0.39 is 12.0 Å². The van der Waals surface area contributed by atoms with Gasteiger partial charge in [0.1, 0.15) is 6.54 Å². The summed E-state index contributed by atoms with van der Waals surface area (Å²) in [5.74, 6) is -0.686. The van der Waals surface area contributed by atoms with Crippen molar-refractivity contribution in [3.05, 3.63) is 59.7 Å². The molecule has 1 saturated heterocycles. The summed E-state index contributed by atoms with van der Waals surface area (Å²) < 4.78 is 4.81. The third-order valence-corrected chi connectivity index (χ3v) is 5.44. The van der Waals surface area contributed by atoms with E-state index in [1.54, 1.807) is 19.1 Å². The topological polar surface area (TPSA) is 99.8 Å². The highest BCUT2D eigenvalue weighted by atomic mass is 16.5. The molecule has 8 nitrogen and oxygen atoms in total. The van der Waals surface area contributed by atoms with Gasteiger partial charge in [0.05, 0.1) is 12.2 Å². The second kappa shape index (κ2) is 12.5. The number of urea groups is 1. The summed E-state index contributed by atoms with van der Waals surface area (Å²) in [7, 11) is 0. The molecule has 3 rings (SSSR count). The van der Waals surface area contributed by atoms with Crippen LogP contribution < -0.4 is 20.9 Å². The number of nitrogens with one attached hydrogen (secondary N) is 3. The van der Waals surface area contributed by atoms with Crippen LogP contribution in [-0.4, -0.2) is 50.7 Å². The third-order valence-electron chi connectivity index (χ3n) is 5.44. The van der Waals surface area contributed by atoms with Crippen LogP contribution in [-0.2, 0) is 16.0 Å². The van der Waals surface area contributed by atoms with E-state index >= 15 is 0 Å². The molecule has 0 saturated carbocycles. The molecule has 2 aromatic rings. The number of carbonyl (C=O) groups excluding carboxylic acids is 3. The number of piperidine rings is 1. The van der Waals surface area contributed by atoms with Gasteiger partial charge in [0.15, 0.2) is 0 Å². The largest absolute Gasteiger partial charge is 0.465 e. The van der Waals surface area contributed by atoms with E-state index in [2.05, 4.69) is 20.9 Å². The second-order valence-electron chi connectivity index (χ2n) is 7.88. The van der Waals surface area contributed by atoms with Gasteiger partial charge < -0.3 is 25.6 Å². The number of benzene rings is 2. The van der Waals surface area contributed by atoms with Crippen molar-refractivity contribution in [1.82, 2.24) is 10.6 Å². The van der Waals surface area contributed by atoms with Crippen LogP contribution in [0.15, 0.2) is 48.5 Å². The Balaban J connectivity index is 1.68. The molecule has 8 heteroatoms. The van der Waals surface area contributed by atoms with Gasteiger partial charge in [-0.1, -0.05) is 30.3 Å². The smallest absolute Gasteiger partial charge is 0.325 e. The Hall–Kier alpha value is -3.55. The number of amides is 3. The number of rotatable bonds is 9. The predicted molar refractivity (Wildman–Crippen MR) is 129 cm³/mol. The van der Waals surface area contributed by atoms with Crippen LogP contribution in [0.4, 0.5) is 16.2 Å². The lowest BCUT2D eigenvalue weighted by Crippen LogP contribution is -2.35. The molecular formula is C25H32N4O4. The van der Waals surface area contributed by atoms with Gasteiger partial charge in [0.25, 0.3) is 5.91 Å². The molecule has 1 aliphatic heterocycles. The summed E-state index contributed by atoms with van der Waals surface area (Å²) in [6.45, 7) is 4.05. The van der Waals surface area contributed by atoms with Crippen LogP contribution in [0.2, 0.25) is 0 Å². The first-order valence-electron chi connectivity index (χ1n) is 11.5. The lowest BCUT2D eigenvalue weighted by atomic mass is 10.1. The first-order valence-corrected chi connectivity index (χ1v) is 11.5. The van der Waals surface area contributed by atoms with Gasteiger partial charge in [-0.25, -0.2) is 4.79 Å². The fourth-order valence-corrected chi connectivity index (χ4v) is 3.81. The molecule has 0 spiro atoms. The number of anilines is 2. The Labute approximate surface area is 194 Å². The summed E-state index contributed by atoms with van der Waals surface area (Å²) in [4.78, 5) is 38.9. The lowest BCUT2D eigenvalue weighted by Gasteiger charge is -2.30. The fraction of sp³-hybridized carbons (Fsp3) is 0.400. The molecule has 0 aromatic heterocycles. The van der Waals surface area contributed by atoms with Crippen molar-refractivity contribution in [2.45, 2.75) is 32.6 Å². The highest BCUT2D eigenvalue weighted by Gasteiger charge is 2.20. The zero-order chi connectivity index (χ0) is 23.5. The lowest BCUT2D eigenvalue weighted by molar-refractivity contribution is -0.141. The van der Waals surface area contributed by atoms with Gasteiger partial charge in [-0.2, -0.15) is 0 Å². The van der Waals surface area contributed by atoms with Crippen molar-refractivity contribution in [3.8, 4) is 0 Å². The Morgan fingerprint density at radius 1 is 0.970 bits per heavy atom. The van der Waals surface area contributed by atoms with Gasteiger partial charge >= 0.3 is 12.0 Å². The minimum Gasteiger partial charge on any atom is -0.465 e. The zero-order valence-electron chi connectivity index (χ0n) is 19.1. The molecule has 2 aromatic carbocycles. The summed E-state index contributed by atoms with van der Waals surface area (Å²) >= 11 is 0. The van der Waals surface area contributed by atoms with Gasteiger partial charge in [-0.3, -0.25) is 9.59 Å². The van der Waals surface area contributed by atoms with E-state index in [1.165, 1.54) is 6.42 Å². The summed E-state index contributed by atoms with van der Waals surface area (Å²) in [5.41, 5.74) is 3.02. The van der Waals surface area contributed by atoms with Crippen molar-refractivity contribution in [2.24, 2.45) is 0 Å². The normalized spacial score (nSPS) is 13.2. The van der Waals surface area contributed by atoms with Crippen LogP contribution in [0.1, 0.15) is 42.1 Å². The molecular weight excluding hydrogens is 420 g/mol. The highest BCUT2D eigenvalue weighted by molar-refractivity contribution is 6.02. The number of hydrogen-bond acceptors (Lipinski definition) is 5. The van der Waals surface area contributed by atoms with Gasteiger partial charge in [0, 0.05) is 31.0 Å². The number of nitrogens with zero attached hydrogens (tertiary/aromatic N) is 1. The maximum Gasteiger partial charge on any atom is 0.325 e. The van der Waals surface area contributed by atoms with Gasteiger partial charge in [-0.05, 0) is 56.4 Å². The standard InChI is InChI=1S/C25H32N4O4/c1-2-33-23(30)18-27-25(32)28-20-11-12-22(29-15-7-4-8-16-29)21(17-20)24(31)26-14-13-19-9-5-3-6-10-19/h3,5-6,9-12,17H,2,4,7-8,13-16,18H2,1H3,(H,26,31)(H2,27,28,32). The quantitative estimate of drug-likeness (QED) is 0.507. The van der Waals surface area contributed by atoms with E-state index in [0.29, 0.717) is 17.8 Å². The molecule has 33 heavy (non-hydrogen) atoms. The summed E-state index contributed by atoms with van der Waals surface area (Å²) in [6, 6.07) is 14.8. The van der Waals surface area contributed by atoms with Crippen molar-refractivity contribution >= 4 is 29.3 Å². The van der Waals surface area contributed by atoms with Gasteiger partial charge in [0.2, 0.25) is 0 Å². The van der Waals surface area contributed by atoms with E-state index in [0.717, 1.165) is 43.6 Å². The number of ether oxygens (including phenoxy) is 1. The van der Waals surface area contributed by atoms with Crippen LogP contribution in [0.5, 0.6) is 0 Å². The van der Waals surface area contributed by atoms with E-state index in [1.807, 2.05) is 36.4 Å². The molecule has 0 unspecified atom stereocenters. The van der Waals surface area contributed by atoms with Gasteiger partial charge in [-0.15, -0.1) is 0 Å². The average molecular weight is 453 g/mol. The molecule has 1 fully saturated rings. The Morgan fingerprint density at radius 2 is 1.73 bits per heavy atom. The molecule has 0 aliphatic carbocycles. The van der Waals surface area contributed by atoms with E-state index in [4.69, 9.17) is 4.74 Å². The zero-order valence-corrected chi connectivity index (χ0v) is 19.1. The van der Waals surface area contributed by atoms with E-state index in [-0.39, 0.29) is 19.1 Å². The maximum atomic E-state index is 13.1. The molecule has 0 radical (unpaired) electrons.